The third kappa shape index (κ3) is 5.88. The van der Waals surface area contributed by atoms with Crippen LogP contribution in [-0.2, 0) is 21.2 Å². The average molecular weight is 468 g/mol. The van der Waals surface area contributed by atoms with Crippen LogP contribution in [0.1, 0.15) is 70.0 Å². The monoisotopic (exact) mass is 467 g/mol. The summed E-state index contributed by atoms with van der Waals surface area (Å²) in [6, 6.07) is 0.0492. The number of sulfone groups is 1. The van der Waals surface area contributed by atoms with Gasteiger partial charge < -0.3 is 9.42 Å². The fourth-order valence-electron chi connectivity index (χ4n) is 5.20. The second-order valence-corrected chi connectivity index (χ2v) is 12.1. The molecule has 0 aromatic carbocycles. The van der Waals surface area contributed by atoms with Crippen molar-refractivity contribution in [1.82, 2.24) is 24.8 Å². The van der Waals surface area contributed by atoms with E-state index in [4.69, 9.17) is 4.52 Å². The summed E-state index contributed by atoms with van der Waals surface area (Å²) >= 11 is 0. The average Bonchev–Trinajstić information content (AvgIpc) is 3.37. The van der Waals surface area contributed by atoms with E-state index in [1.165, 1.54) is 6.42 Å². The van der Waals surface area contributed by atoms with Gasteiger partial charge in [0, 0.05) is 44.2 Å². The molecule has 3 aliphatic rings. The molecule has 1 unspecified atom stereocenters. The number of carbonyl (C=O) groups excluding carboxylic acids is 1. The van der Waals surface area contributed by atoms with Crippen LogP contribution < -0.4 is 0 Å². The Kier molecular flexibility index (Phi) is 7.51. The van der Waals surface area contributed by atoms with Gasteiger partial charge >= 0.3 is 0 Å². The number of nitrogens with zero attached hydrogens (tertiary/aromatic N) is 5. The molecule has 1 aliphatic carbocycles. The van der Waals surface area contributed by atoms with Crippen LogP contribution in [0.25, 0.3) is 0 Å². The first-order chi connectivity index (χ1) is 15.3. The van der Waals surface area contributed by atoms with E-state index in [1.54, 1.807) is 0 Å². The number of amides is 1. The van der Waals surface area contributed by atoms with Crippen molar-refractivity contribution in [3.8, 4) is 0 Å². The van der Waals surface area contributed by atoms with Gasteiger partial charge in [-0.1, -0.05) is 38.3 Å². The fourth-order valence-corrected chi connectivity index (χ4v) is 6.91. The molecular weight excluding hydrogens is 430 g/mol. The molecule has 1 saturated carbocycles. The zero-order valence-corrected chi connectivity index (χ0v) is 20.2. The molecule has 0 spiro atoms. The zero-order chi connectivity index (χ0) is 22.7. The molecule has 0 radical (unpaired) electrons. The van der Waals surface area contributed by atoms with E-state index >= 15 is 0 Å². The molecule has 32 heavy (non-hydrogen) atoms. The molecule has 2 saturated heterocycles. The number of hydrogen-bond acceptors (Lipinski definition) is 8. The number of hydrogen-bond donors (Lipinski definition) is 0. The lowest BCUT2D eigenvalue weighted by molar-refractivity contribution is -0.138. The molecular formula is C22H37N5O4S. The topological polar surface area (TPSA) is 99.9 Å². The van der Waals surface area contributed by atoms with Crippen molar-refractivity contribution in [2.75, 3.05) is 44.2 Å². The molecule has 2 aliphatic heterocycles. The molecule has 4 rings (SSSR count). The number of rotatable bonds is 7. The lowest BCUT2D eigenvalue weighted by Gasteiger charge is -2.40. The first-order valence-corrected chi connectivity index (χ1v) is 13.9. The Labute approximate surface area is 191 Å². The first-order valence-electron chi connectivity index (χ1n) is 12.1. The molecule has 1 aromatic heterocycles. The fraction of sp³-hybridized carbons (Fsp3) is 0.864. The summed E-state index contributed by atoms with van der Waals surface area (Å²) in [6.45, 7) is 8.39. The van der Waals surface area contributed by atoms with E-state index in [9.17, 15) is 13.2 Å². The molecule has 3 heterocycles. The van der Waals surface area contributed by atoms with Crippen molar-refractivity contribution in [3.05, 3.63) is 11.7 Å². The summed E-state index contributed by atoms with van der Waals surface area (Å²) in [5.74, 6) is 2.07. The Morgan fingerprint density at radius 2 is 1.75 bits per heavy atom. The van der Waals surface area contributed by atoms with E-state index in [0.29, 0.717) is 25.4 Å². The van der Waals surface area contributed by atoms with Crippen molar-refractivity contribution in [3.63, 3.8) is 0 Å². The van der Waals surface area contributed by atoms with Crippen molar-refractivity contribution in [1.29, 1.82) is 0 Å². The van der Waals surface area contributed by atoms with Gasteiger partial charge in [-0.3, -0.25) is 14.6 Å². The van der Waals surface area contributed by atoms with E-state index < -0.39 is 9.84 Å². The highest BCUT2D eigenvalue weighted by Gasteiger charge is 2.39. The molecule has 0 N–H and O–H groups in total. The Balaban J connectivity index is 1.31. The van der Waals surface area contributed by atoms with Crippen LogP contribution in [0.15, 0.2) is 4.52 Å². The van der Waals surface area contributed by atoms with E-state index in [0.717, 1.165) is 57.7 Å². The van der Waals surface area contributed by atoms with Crippen molar-refractivity contribution < 1.29 is 17.7 Å². The van der Waals surface area contributed by atoms with Crippen LogP contribution in [0.3, 0.4) is 0 Å². The molecule has 0 bridgehead atoms. The van der Waals surface area contributed by atoms with Gasteiger partial charge in [0.2, 0.25) is 11.8 Å². The molecule has 9 nitrogen and oxygen atoms in total. The second kappa shape index (κ2) is 10.2. The predicted molar refractivity (Wildman–Crippen MR) is 121 cm³/mol. The molecule has 1 amide bonds. The maximum Gasteiger partial charge on any atom is 0.240 e. The molecule has 1 aromatic rings. The molecule has 1 atom stereocenters. The third-order valence-corrected chi connectivity index (χ3v) is 8.79. The summed E-state index contributed by atoms with van der Waals surface area (Å²) < 4.78 is 29.6. The number of aromatic nitrogens is 2. The molecule has 3 fully saturated rings. The summed E-state index contributed by atoms with van der Waals surface area (Å²) in [5.41, 5.74) is 0. The van der Waals surface area contributed by atoms with E-state index in [-0.39, 0.29) is 35.4 Å². The second-order valence-electron chi connectivity index (χ2n) is 9.90. The molecule has 10 heteroatoms. The molecule has 180 valence electrons. The maximum absolute atomic E-state index is 13.4. The van der Waals surface area contributed by atoms with Gasteiger partial charge in [-0.15, -0.1) is 0 Å². The van der Waals surface area contributed by atoms with Crippen molar-refractivity contribution in [2.45, 2.75) is 76.9 Å². The predicted octanol–water partition coefficient (Wildman–Crippen LogP) is 1.66. The van der Waals surface area contributed by atoms with E-state index in [2.05, 4.69) is 19.9 Å². The number of carbonyl (C=O) groups is 1. The summed E-state index contributed by atoms with van der Waals surface area (Å²) in [7, 11) is -3.02. The zero-order valence-electron chi connectivity index (χ0n) is 19.4. The minimum absolute atomic E-state index is 0.103. The van der Waals surface area contributed by atoms with Gasteiger partial charge in [0.25, 0.3) is 0 Å². The third-order valence-electron chi connectivity index (χ3n) is 7.04. The van der Waals surface area contributed by atoms with Gasteiger partial charge in [-0.2, -0.15) is 4.98 Å². The smallest absolute Gasteiger partial charge is 0.240 e. The van der Waals surface area contributed by atoms with Crippen molar-refractivity contribution >= 4 is 15.7 Å². The van der Waals surface area contributed by atoms with Crippen LogP contribution in [0, 0.1) is 0 Å². The van der Waals surface area contributed by atoms with E-state index in [1.807, 2.05) is 18.7 Å². The Morgan fingerprint density at radius 1 is 1.06 bits per heavy atom. The van der Waals surface area contributed by atoms with Crippen molar-refractivity contribution in [2.24, 2.45) is 0 Å². The Morgan fingerprint density at radius 3 is 2.34 bits per heavy atom. The number of piperazine rings is 1. The SMILES string of the molecule is CC(C)c1noc(CN2CCN(CC(=O)N(C3CCCCC3)C3CCS(=O)(=O)C3)CC2)n1. The van der Waals surface area contributed by atoms with Crippen LogP contribution in [0.5, 0.6) is 0 Å². The summed E-state index contributed by atoms with van der Waals surface area (Å²) in [6.07, 6.45) is 6.04. The lowest BCUT2D eigenvalue weighted by atomic mass is 9.92. The van der Waals surface area contributed by atoms with Gasteiger partial charge in [-0.25, -0.2) is 8.42 Å². The highest BCUT2D eigenvalue weighted by molar-refractivity contribution is 7.91. The summed E-state index contributed by atoms with van der Waals surface area (Å²) in [5, 5.41) is 4.03. The lowest BCUT2D eigenvalue weighted by Crippen LogP contribution is -2.54. The van der Waals surface area contributed by atoms with Crippen LogP contribution in [-0.4, -0.2) is 95.5 Å². The Bertz CT molecular complexity index is 873. The first kappa shape index (κ1) is 23.6. The van der Waals surface area contributed by atoms with Gasteiger partial charge in [0.05, 0.1) is 24.6 Å². The largest absolute Gasteiger partial charge is 0.338 e. The Hall–Kier alpha value is -1.52. The van der Waals surface area contributed by atoms with Crippen LogP contribution in [0.4, 0.5) is 0 Å². The summed E-state index contributed by atoms with van der Waals surface area (Å²) in [4.78, 5) is 24.3. The van der Waals surface area contributed by atoms with Crippen LogP contribution >= 0.6 is 0 Å². The van der Waals surface area contributed by atoms with Crippen LogP contribution in [0.2, 0.25) is 0 Å². The normalized spacial score (nSPS) is 25.4. The highest BCUT2D eigenvalue weighted by atomic mass is 32.2. The minimum atomic E-state index is -3.02. The van der Waals surface area contributed by atoms with Gasteiger partial charge in [0.15, 0.2) is 15.7 Å². The highest BCUT2D eigenvalue weighted by Crippen LogP contribution is 2.28. The maximum atomic E-state index is 13.4. The quantitative estimate of drug-likeness (QED) is 0.597. The van der Waals surface area contributed by atoms with Gasteiger partial charge in [-0.05, 0) is 19.3 Å². The standard InChI is InChI=1S/C22H37N5O4S/c1-17(2)22-23-20(31-24-22)14-25-9-11-26(12-10-25)15-21(28)27(18-6-4-3-5-7-18)19-8-13-32(29,30)16-19/h17-19H,3-16H2,1-2H3. The van der Waals surface area contributed by atoms with Gasteiger partial charge in [0.1, 0.15) is 0 Å². The minimum Gasteiger partial charge on any atom is -0.338 e.